The summed E-state index contributed by atoms with van der Waals surface area (Å²) in [5.41, 5.74) is 0.311. The van der Waals surface area contributed by atoms with Crippen molar-refractivity contribution < 1.29 is 19.3 Å². The first-order chi connectivity index (χ1) is 10.2. The zero-order valence-electron chi connectivity index (χ0n) is 11.4. The van der Waals surface area contributed by atoms with E-state index < -0.39 is 6.10 Å². The molecule has 1 aliphatic rings. The van der Waals surface area contributed by atoms with Crippen molar-refractivity contribution in [1.29, 1.82) is 0 Å². The van der Waals surface area contributed by atoms with Crippen LogP contribution in [0.1, 0.15) is 11.7 Å². The molecule has 1 atom stereocenters. The molecule has 110 valence electrons. The second kappa shape index (κ2) is 5.45. The molecular formula is C14H14N2O5. The lowest BCUT2D eigenvalue weighted by atomic mass is 10.1. The van der Waals surface area contributed by atoms with Gasteiger partial charge in [-0.15, -0.1) is 5.10 Å². The van der Waals surface area contributed by atoms with Gasteiger partial charge in [0.2, 0.25) is 12.7 Å². The van der Waals surface area contributed by atoms with Crippen LogP contribution in [0.5, 0.6) is 17.4 Å². The molecule has 1 aliphatic heterocycles. The van der Waals surface area contributed by atoms with E-state index in [0.29, 0.717) is 22.9 Å². The minimum absolute atomic E-state index is 0.0235. The van der Waals surface area contributed by atoms with Gasteiger partial charge >= 0.3 is 0 Å². The number of hydrogen-bond donors (Lipinski definition) is 1. The molecule has 0 saturated heterocycles. The van der Waals surface area contributed by atoms with Gasteiger partial charge in [-0.1, -0.05) is 6.07 Å². The largest absolute Gasteiger partial charge is 0.480 e. The summed E-state index contributed by atoms with van der Waals surface area (Å²) in [4.78, 5) is 11.7. The van der Waals surface area contributed by atoms with Crippen molar-refractivity contribution in [2.75, 3.05) is 13.9 Å². The third kappa shape index (κ3) is 2.68. The predicted octanol–water partition coefficient (Wildman–Crippen LogP) is 0.714. The van der Waals surface area contributed by atoms with E-state index in [-0.39, 0.29) is 18.9 Å². The minimum Gasteiger partial charge on any atom is -0.480 e. The molecule has 1 aromatic heterocycles. The number of fused-ring (bicyclic) bond motifs is 1. The Balaban J connectivity index is 1.83. The van der Waals surface area contributed by atoms with Gasteiger partial charge < -0.3 is 19.3 Å². The van der Waals surface area contributed by atoms with Crippen molar-refractivity contribution in [2.45, 2.75) is 12.6 Å². The Labute approximate surface area is 120 Å². The number of nitrogens with zero attached hydrogens (tertiary/aromatic N) is 2. The van der Waals surface area contributed by atoms with Crippen molar-refractivity contribution >= 4 is 0 Å². The van der Waals surface area contributed by atoms with E-state index in [1.807, 2.05) is 0 Å². The van der Waals surface area contributed by atoms with Crippen LogP contribution in [0.2, 0.25) is 0 Å². The molecule has 1 aromatic carbocycles. The number of aliphatic hydroxyl groups excluding tert-OH is 1. The fourth-order valence-corrected chi connectivity index (χ4v) is 2.06. The molecule has 0 fully saturated rings. The van der Waals surface area contributed by atoms with Gasteiger partial charge in [0, 0.05) is 12.1 Å². The quantitative estimate of drug-likeness (QED) is 0.893. The lowest BCUT2D eigenvalue weighted by Crippen LogP contribution is -2.25. The van der Waals surface area contributed by atoms with E-state index in [1.54, 1.807) is 18.2 Å². The fourth-order valence-electron chi connectivity index (χ4n) is 2.06. The van der Waals surface area contributed by atoms with Crippen LogP contribution in [0.25, 0.3) is 0 Å². The van der Waals surface area contributed by atoms with Crippen LogP contribution in [0.3, 0.4) is 0 Å². The van der Waals surface area contributed by atoms with Gasteiger partial charge in [-0.25, -0.2) is 4.68 Å². The first-order valence-corrected chi connectivity index (χ1v) is 6.37. The zero-order chi connectivity index (χ0) is 14.8. The summed E-state index contributed by atoms with van der Waals surface area (Å²) in [6.45, 7) is 0.196. The topological polar surface area (TPSA) is 82.8 Å². The Morgan fingerprint density at radius 2 is 2.14 bits per heavy atom. The molecule has 0 radical (unpaired) electrons. The third-order valence-corrected chi connectivity index (χ3v) is 3.18. The fraction of sp³-hybridized carbons (Fsp3) is 0.286. The van der Waals surface area contributed by atoms with Gasteiger partial charge in [0.05, 0.1) is 19.8 Å². The Morgan fingerprint density at radius 3 is 2.95 bits per heavy atom. The average Bonchev–Trinajstić information content (AvgIpc) is 2.96. The predicted molar refractivity (Wildman–Crippen MR) is 72.6 cm³/mol. The van der Waals surface area contributed by atoms with E-state index in [9.17, 15) is 9.90 Å². The smallest absolute Gasteiger partial charge is 0.267 e. The molecule has 0 spiro atoms. The van der Waals surface area contributed by atoms with Crippen LogP contribution in [0, 0.1) is 0 Å². The van der Waals surface area contributed by atoms with Crippen LogP contribution < -0.4 is 19.8 Å². The maximum atomic E-state index is 11.7. The highest BCUT2D eigenvalue weighted by Gasteiger charge is 2.17. The number of methoxy groups -OCH3 is 1. The summed E-state index contributed by atoms with van der Waals surface area (Å²) in [5.74, 6) is 1.53. The van der Waals surface area contributed by atoms with Crippen molar-refractivity contribution in [3.8, 4) is 17.4 Å². The normalized spacial score (nSPS) is 14.0. The maximum absolute atomic E-state index is 11.7. The summed E-state index contributed by atoms with van der Waals surface area (Å²) >= 11 is 0. The van der Waals surface area contributed by atoms with E-state index >= 15 is 0 Å². The lowest BCUT2D eigenvalue weighted by molar-refractivity contribution is 0.147. The van der Waals surface area contributed by atoms with Crippen molar-refractivity contribution in [2.24, 2.45) is 0 Å². The van der Waals surface area contributed by atoms with Crippen LogP contribution in [0.15, 0.2) is 35.1 Å². The molecule has 0 saturated carbocycles. The molecule has 21 heavy (non-hydrogen) atoms. The van der Waals surface area contributed by atoms with Crippen molar-refractivity contribution in [1.82, 2.24) is 9.78 Å². The molecule has 1 N–H and O–H groups in total. The molecular weight excluding hydrogens is 276 g/mol. The summed E-state index contributed by atoms with van der Waals surface area (Å²) in [6.07, 6.45) is -0.892. The first-order valence-electron chi connectivity index (χ1n) is 6.37. The summed E-state index contributed by atoms with van der Waals surface area (Å²) in [5, 5.41) is 14.3. The Bertz CT molecular complexity index is 713. The summed E-state index contributed by atoms with van der Waals surface area (Å²) in [6, 6.07) is 7.97. The zero-order valence-corrected chi connectivity index (χ0v) is 11.4. The Kier molecular flexibility index (Phi) is 3.49. The summed E-state index contributed by atoms with van der Waals surface area (Å²) < 4.78 is 16.6. The molecule has 0 amide bonds. The van der Waals surface area contributed by atoms with Crippen molar-refractivity contribution in [3.05, 3.63) is 46.2 Å². The maximum Gasteiger partial charge on any atom is 0.267 e. The molecule has 0 bridgehead atoms. The number of aromatic nitrogens is 2. The van der Waals surface area contributed by atoms with Gasteiger partial charge in [0.1, 0.15) is 0 Å². The number of aliphatic hydroxyl groups is 1. The minimum atomic E-state index is -0.892. The second-order valence-electron chi connectivity index (χ2n) is 4.52. The monoisotopic (exact) mass is 290 g/mol. The van der Waals surface area contributed by atoms with Crippen LogP contribution in [-0.4, -0.2) is 28.8 Å². The standard InChI is InChI=1S/C14H14N2O5/c1-19-13-4-5-14(18)16(15-13)7-10(17)9-2-3-11-12(6-9)21-8-20-11/h2-6,10,17H,7-8H2,1H3. The van der Waals surface area contributed by atoms with E-state index in [2.05, 4.69) is 5.10 Å². The van der Waals surface area contributed by atoms with Gasteiger partial charge in [0.15, 0.2) is 11.5 Å². The van der Waals surface area contributed by atoms with Gasteiger partial charge in [-0.05, 0) is 17.7 Å². The Hall–Kier alpha value is -2.54. The second-order valence-corrected chi connectivity index (χ2v) is 4.52. The lowest BCUT2D eigenvalue weighted by Gasteiger charge is -2.13. The SMILES string of the molecule is COc1ccc(=O)n(CC(O)c2ccc3c(c2)OCO3)n1. The first kappa shape index (κ1) is 13.4. The molecule has 1 unspecified atom stereocenters. The van der Waals surface area contributed by atoms with Crippen LogP contribution in [-0.2, 0) is 6.54 Å². The molecule has 3 rings (SSSR count). The molecule has 0 aliphatic carbocycles. The van der Waals surface area contributed by atoms with Gasteiger partial charge in [0.25, 0.3) is 5.56 Å². The third-order valence-electron chi connectivity index (χ3n) is 3.18. The number of hydrogen-bond acceptors (Lipinski definition) is 6. The van der Waals surface area contributed by atoms with E-state index in [1.165, 1.54) is 19.2 Å². The number of ether oxygens (including phenoxy) is 3. The molecule has 2 aromatic rings. The summed E-state index contributed by atoms with van der Waals surface area (Å²) in [7, 11) is 1.46. The molecule has 2 heterocycles. The van der Waals surface area contributed by atoms with E-state index in [4.69, 9.17) is 14.2 Å². The molecule has 7 nitrogen and oxygen atoms in total. The highest BCUT2D eigenvalue weighted by Crippen LogP contribution is 2.34. The Morgan fingerprint density at radius 1 is 1.33 bits per heavy atom. The average molecular weight is 290 g/mol. The van der Waals surface area contributed by atoms with Crippen LogP contribution in [0.4, 0.5) is 0 Å². The van der Waals surface area contributed by atoms with E-state index in [0.717, 1.165) is 4.68 Å². The number of rotatable bonds is 4. The van der Waals surface area contributed by atoms with Crippen LogP contribution >= 0.6 is 0 Å². The highest BCUT2D eigenvalue weighted by molar-refractivity contribution is 5.45. The van der Waals surface area contributed by atoms with Gasteiger partial charge in [-0.2, -0.15) is 0 Å². The highest BCUT2D eigenvalue weighted by atomic mass is 16.7. The number of benzene rings is 1. The molecule has 7 heteroatoms. The van der Waals surface area contributed by atoms with Gasteiger partial charge in [-0.3, -0.25) is 4.79 Å². The van der Waals surface area contributed by atoms with Crippen molar-refractivity contribution in [3.63, 3.8) is 0 Å².